The van der Waals surface area contributed by atoms with E-state index in [0.29, 0.717) is 30.4 Å². The summed E-state index contributed by atoms with van der Waals surface area (Å²) in [5.74, 6) is 0.00778. The second kappa shape index (κ2) is 9.05. The molecule has 0 unspecified atom stereocenters. The first-order chi connectivity index (χ1) is 13.5. The third-order valence-corrected chi connectivity index (χ3v) is 4.43. The van der Waals surface area contributed by atoms with E-state index in [1.807, 2.05) is 0 Å². The fraction of sp³-hybridized carbons (Fsp3) is 0.556. The fourth-order valence-electron chi connectivity index (χ4n) is 3.04. The predicted octanol–water partition coefficient (Wildman–Crippen LogP) is 2.33. The molecule has 3 heterocycles. The minimum atomic E-state index is -2.69. The van der Waals surface area contributed by atoms with Crippen molar-refractivity contribution in [2.45, 2.75) is 45.3 Å². The lowest BCUT2D eigenvalue weighted by molar-refractivity contribution is -0.0128. The van der Waals surface area contributed by atoms with E-state index in [9.17, 15) is 13.6 Å². The second-order valence-electron chi connectivity index (χ2n) is 6.57. The maximum absolute atomic E-state index is 12.7. The van der Waals surface area contributed by atoms with Crippen molar-refractivity contribution in [3.05, 3.63) is 35.0 Å². The molecule has 8 nitrogen and oxygen atoms in total. The van der Waals surface area contributed by atoms with Crippen LogP contribution in [0.3, 0.4) is 0 Å². The van der Waals surface area contributed by atoms with Gasteiger partial charge in [0.05, 0.1) is 18.3 Å². The highest BCUT2D eigenvalue weighted by Gasteiger charge is 2.24. The number of hydrogen-bond acceptors (Lipinski definition) is 6. The summed E-state index contributed by atoms with van der Waals surface area (Å²) < 4.78 is 38.5. The Morgan fingerprint density at radius 1 is 1.46 bits per heavy atom. The lowest BCUT2D eigenvalue weighted by Crippen LogP contribution is -2.28. The number of aryl methyl sites for hydroxylation is 2. The van der Waals surface area contributed by atoms with Gasteiger partial charge in [-0.3, -0.25) is 4.79 Å². The van der Waals surface area contributed by atoms with Crippen LogP contribution < -0.4 is 10.1 Å². The van der Waals surface area contributed by atoms with Crippen molar-refractivity contribution in [2.24, 2.45) is 7.05 Å². The molecular formula is C18H23F2N5O3. The molecule has 2 aromatic heterocycles. The topological polar surface area (TPSA) is 91.2 Å². The first kappa shape index (κ1) is 20.1. The van der Waals surface area contributed by atoms with Crippen molar-refractivity contribution in [1.82, 2.24) is 25.1 Å². The van der Waals surface area contributed by atoms with E-state index in [0.717, 1.165) is 25.3 Å². The minimum Gasteiger partial charge on any atom is -0.475 e. The number of alkyl halides is 2. The quantitative estimate of drug-likeness (QED) is 0.774. The third-order valence-electron chi connectivity index (χ3n) is 4.43. The molecule has 1 saturated heterocycles. The summed E-state index contributed by atoms with van der Waals surface area (Å²) in [4.78, 5) is 20.3. The Balaban J connectivity index is 1.66. The van der Waals surface area contributed by atoms with Gasteiger partial charge in [0, 0.05) is 19.9 Å². The average Bonchev–Trinajstić information content (AvgIpc) is 2.98. The van der Waals surface area contributed by atoms with Crippen molar-refractivity contribution >= 4 is 5.91 Å². The molecule has 3 rings (SSSR count). The Morgan fingerprint density at radius 2 is 2.29 bits per heavy atom. The summed E-state index contributed by atoms with van der Waals surface area (Å²) in [5.41, 5.74) is 0.415. The molecule has 10 heteroatoms. The van der Waals surface area contributed by atoms with Crippen LogP contribution in [0.1, 0.15) is 53.3 Å². The van der Waals surface area contributed by atoms with E-state index < -0.39 is 12.3 Å². The van der Waals surface area contributed by atoms with E-state index in [2.05, 4.69) is 20.4 Å². The molecule has 1 atom stereocenters. The summed E-state index contributed by atoms with van der Waals surface area (Å²) in [7, 11) is 1.69. The highest BCUT2D eigenvalue weighted by molar-refractivity contribution is 5.97. The summed E-state index contributed by atoms with van der Waals surface area (Å²) in [6.07, 6.45) is 1.58. The molecule has 1 aliphatic rings. The number of aromatic nitrogens is 4. The standard InChI is InChI=1S/C18H23F2N5O3/c1-11-15(17(26)22-9-14-21-7-6-13(23-14)16(19)20)18(25(2)24-11)28-10-12-5-3-4-8-27-12/h6-7,12,16H,3-5,8-10H2,1-2H3,(H,22,26)/t12-/m1/s1. The number of carbonyl (C=O) groups excluding carboxylic acids is 1. The van der Waals surface area contributed by atoms with Crippen LogP contribution in [0.4, 0.5) is 8.78 Å². The number of carbonyl (C=O) groups is 1. The molecule has 0 spiro atoms. The van der Waals surface area contributed by atoms with Gasteiger partial charge in [0.2, 0.25) is 5.88 Å². The molecule has 0 aromatic carbocycles. The Morgan fingerprint density at radius 3 is 3.00 bits per heavy atom. The van der Waals surface area contributed by atoms with Crippen molar-refractivity contribution in [2.75, 3.05) is 13.2 Å². The van der Waals surface area contributed by atoms with Crippen LogP contribution in [0, 0.1) is 6.92 Å². The predicted molar refractivity (Wildman–Crippen MR) is 95.2 cm³/mol. The van der Waals surface area contributed by atoms with Gasteiger partial charge in [-0.15, -0.1) is 0 Å². The molecule has 1 fully saturated rings. The molecule has 2 aromatic rings. The highest BCUT2D eigenvalue weighted by Crippen LogP contribution is 2.23. The molecule has 0 aliphatic carbocycles. The van der Waals surface area contributed by atoms with Gasteiger partial charge in [-0.25, -0.2) is 23.4 Å². The molecule has 0 radical (unpaired) electrons. The van der Waals surface area contributed by atoms with Crippen LogP contribution in [-0.4, -0.2) is 45.0 Å². The van der Waals surface area contributed by atoms with Gasteiger partial charge in [0.1, 0.15) is 23.7 Å². The number of hydrogen-bond donors (Lipinski definition) is 1. The molecule has 0 saturated carbocycles. The monoisotopic (exact) mass is 395 g/mol. The first-order valence-corrected chi connectivity index (χ1v) is 9.12. The molecule has 152 valence electrons. The lowest BCUT2D eigenvalue weighted by Gasteiger charge is -2.22. The molecule has 1 aliphatic heterocycles. The van der Waals surface area contributed by atoms with Crippen molar-refractivity contribution in [3.8, 4) is 5.88 Å². The number of nitrogens with zero attached hydrogens (tertiary/aromatic N) is 4. The van der Waals surface area contributed by atoms with E-state index in [4.69, 9.17) is 9.47 Å². The van der Waals surface area contributed by atoms with Gasteiger partial charge in [0.25, 0.3) is 12.3 Å². The largest absolute Gasteiger partial charge is 0.475 e. The number of ether oxygens (including phenoxy) is 2. The number of halogens is 2. The smallest absolute Gasteiger partial charge is 0.280 e. The SMILES string of the molecule is Cc1nn(C)c(OC[C@H]2CCCCO2)c1C(=O)NCc1nccc(C(F)F)n1. The van der Waals surface area contributed by atoms with E-state index in [1.54, 1.807) is 14.0 Å². The van der Waals surface area contributed by atoms with Gasteiger partial charge in [-0.1, -0.05) is 0 Å². The normalized spacial score (nSPS) is 17.0. The first-order valence-electron chi connectivity index (χ1n) is 9.12. The summed E-state index contributed by atoms with van der Waals surface area (Å²) >= 11 is 0. The Bertz CT molecular complexity index is 822. The summed E-state index contributed by atoms with van der Waals surface area (Å²) in [5, 5.41) is 6.89. The van der Waals surface area contributed by atoms with Crippen LogP contribution in [0.15, 0.2) is 12.3 Å². The van der Waals surface area contributed by atoms with Crippen molar-refractivity contribution in [1.29, 1.82) is 0 Å². The van der Waals surface area contributed by atoms with Crippen LogP contribution in [0.2, 0.25) is 0 Å². The number of nitrogens with one attached hydrogen (secondary N) is 1. The zero-order valence-corrected chi connectivity index (χ0v) is 15.8. The fourth-order valence-corrected chi connectivity index (χ4v) is 3.04. The molecular weight excluding hydrogens is 372 g/mol. The van der Waals surface area contributed by atoms with E-state index >= 15 is 0 Å². The number of rotatable bonds is 7. The van der Waals surface area contributed by atoms with Gasteiger partial charge >= 0.3 is 0 Å². The lowest BCUT2D eigenvalue weighted by atomic mass is 10.1. The molecule has 1 amide bonds. The maximum atomic E-state index is 12.7. The minimum absolute atomic E-state index is 0.00893. The zero-order chi connectivity index (χ0) is 20.1. The van der Waals surface area contributed by atoms with Gasteiger partial charge in [-0.2, -0.15) is 5.10 Å². The van der Waals surface area contributed by atoms with Gasteiger partial charge < -0.3 is 14.8 Å². The van der Waals surface area contributed by atoms with E-state index in [-0.39, 0.29) is 24.2 Å². The average molecular weight is 395 g/mol. The highest BCUT2D eigenvalue weighted by atomic mass is 19.3. The van der Waals surface area contributed by atoms with Crippen LogP contribution in [-0.2, 0) is 18.3 Å². The van der Waals surface area contributed by atoms with Crippen LogP contribution >= 0.6 is 0 Å². The Hall–Kier alpha value is -2.62. The third kappa shape index (κ3) is 4.80. The van der Waals surface area contributed by atoms with Crippen molar-refractivity contribution in [3.63, 3.8) is 0 Å². The van der Waals surface area contributed by atoms with Crippen molar-refractivity contribution < 1.29 is 23.0 Å². The zero-order valence-electron chi connectivity index (χ0n) is 15.8. The van der Waals surface area contributed by atoms with Crippen LogP contribution in [0.25, 0.3) is 0 Å². The summed E-state index contributed by atoms with van der Waals surface area (Å²) in [6.45, 7) is 2.66. The Kier molecular flexibility index (Phi) is 6.50. The summed E-state index contributed by atoms with van der Waals surface area (Å²) in [6, 6.07) is 1.14. The van der Waals surface area contributed by atoms with Gasteiger partial charge in [-0.05, 0) is 32.3 Å². The number of amides is 1. The Labute approximate surface area is 161 Å². The van der Waals surface area contributed by atoms with E-state index in [1.165, 1.54) is 10.9 Å². The molecule has 1 N–H and O–H groups in total. The second-order valence-corrected chi connectivity index (χ2v) is 6.57. The molecule has 28 heavy (non-hydrogen) atoms. The maximum Gasteiger partial charge on any atom is 0.280 e. The van der Waals surface area contributed by atoms with Crippen LogP contribution in [0.5, 0.6) is 5.88 Å². The molecule has 0 bridgehead atoms. The van der Waals surface area contributed by atoms with Gasteiger partial charge in [0.15, 0.2) is 0 Å².